The van der Waals surface area contributed by atoms with E-state index in [1.807, 2.05) is 41.5 Å². The molecule has 1 aliphatic rings. The van der Waals surface area contributed by atoms with Crippen LogP contribution < -0.4 is 10.5 Å². The van der Waals surface area contributed by atoms with E-state index in [0.717, 1.165) is 12.8 Å². The molecule has 1 aliphatic heterocycles. The first-order valence-electron chi connectivity index (χ1n) is 9.50. The Balaban J connectivity index is 2.16. The van der Waals surface area contributed by atoms with Gasteiger partial charge in [0.15, 0.2) is 5.03 Å². The number of rotatable bonds is 5. The van der Waals surface area contributed by atoms with Gasteiger partial charge in [-0.3, -0.25) is 0 Å². The lowest BCUT2D eigenvalue weighted by Gasteiger charge is -2.33. The number of hydrogen-bond acceptors (Lipinski definition) is 6. The Labute approximate surface area is 167 Å². The topological polar surface area (TPSA) is 115 Å². The molecule has 158 valence electrons. The molecule has 0 aliphatic carbocycles. The van der Waals surface area contributed by atoms with Gasteiger partial charge in [0.25, 0.3) is 10.0 Å². The highest BCUT2D eigenvalue weighted by atomic mass is 32.2. The lowest BCUT2D eigenvalue weighted by molar-refractivity contribution is 0.0130. The van der Waals surface area contributed by atoms with E-state index in [9.17, 15) is 13.2 Å². The summed E-state index contributed by atoms with van der Waals surface area (Å²) in [7, 11) is -3.86. The maximum absolute atomic E-state index is 12.6. The Morgan fingerprint density at radius 1 is 1.43 bits per heavy atom. The smallest absolute Gasteiger partial charge is 0.410 e. The van der Waals surface area contributed by atoms with Gasteiger partial charge in [0.1, 0.15) is 11.4 Å². The fourth-order valence-electron chi connectivity index (χ4n) is 3.60. The van der Waals surface area contributed by atoms with Crippen molar-refractivity contribution in [3.63, 3.8) is 0 Å². The molecule has 8 nitrogen and oxygen atoms in total. The molecule has 0 aromatic carbocycles. The van der Waals surface area contributed by atoms with E-state index in [1.165, 1.54) is 6.07 Å². The Kier molecular flexibility index (Phi) is 6.30. The van der Waals surface area contributed by atoms with Crippen LogP contribution in [0.4, 0.5) is 10.6 Å². The molecule has 3 N–H and O–H groups in total. The fourth-order valence-corrected chi connectivity index (χ4v) is 4.10. The predicted octanol–water partition coefficient (Wildman–Crippen LogP) is 2.96. The third kappa shape index (κ3) is 5.57. The average Bonchev–Trinajstić information content (AvgIpc) is 2.86. The predicted molar refractivity (Wildman–Crippen MR) is 108 cm³/mol. The molecule has 1 saturated heterocycles. The number of pyridine rings is 1. The first-order chi connectivity index (χ1) is 12.7. The van der Waals surface area contributed by atoms with E-state index in [-0.39, 0.29) is 28.6 Å². The number of nitrogens with one attached hydrogen (secondary N) is 1. The molecule has 1 aromatic heterocycles. The van der Waals surface area contributed by atoms with E-state index in [0.29, 0.717) is 12.4 Å². The van der Waals surface area contributed by atoms with Gasteiger partial charge in [-0.25, -0.2) is 23.3 Å². The number of primary sulfonamides is 1. The summed E-state index contributed by atoms with van der Waals surface area (Å²) in [4.78, 5) is 18.5. The molecule has 28 heavy (non-hydrogen) atoms. The van der Waals surface area contributed by atoms with E-state index >= 15 is 0 Å². The summed E-state index contributed by atoms with van der Waals surface area (Å²) in [6.07, 6.45) is 1.28. The van der Waals surface area contributed by atoms with Crippen molar-refractivity contribution in [1.29, 1.82) is 0 Å². The van der Waals surface area contributed by atoms with E-state index in [1.54, 1.807) is 17.0 Å². The zero-order valence-electron chi connectivity index (χ0n) is 17.5. The summed E-state index contributed by atoms with van der Waals surface area (Å²) in [6.45, 7) is 12.2. The highest BCUT2D eigenvalue weighted by Crippen LogP contribution is 2.37. The standard InChI is InChI=1S/C19H32N4O4S/c1-7-14(21-15-9-8-10-16(22-15)28(20,25)26)13-11-19(5,6)23(12-13)17(24)27-18(2,3)4/h8-10,13-14H,7,11-12H2,1-6H3,(H,21,22)(H2,20,25,26). The first kappa shape index (κ1) is 22.4. The molecular weight excluding hydrogens is 380 g/mol. The second kappa shape index (κ2) is 7.87. The maximum atomic E-state index is 12.6. The summed E-state index contributed by atoms with van der Waals surface area (Å²) in [5.41, 5.74) is -0.885. The number of carbonyl (C=O) groups is 1. The zero-order chi connectivity index (χ0) is 21.3. The molecular formula is C19H32N4O4S. The minimum absolute atomic E-state index is 0.0231. The number of hydrogen-bond donors (Lipinski definition) is 2. The van der Waals surface area contributed by atoms with Gasteiger partial charge in [0.05, 0.1) is 0 Å². The van der Waals surface area contributed by atoms with Crippen LogP contribution in [0, 0.1) is 5.92 Å². The number of nitrogens with two attached hydrogens (primary N) is 1. The summed E-state index contributed by atoms with van der Waals surface area (Å²) >= 11 is 0. The summed E-state index contributed by atoms with van der Waals surface area (Å²) < 4.78 is 28.7. The molecule has 2 unspecified atom stereocenters. The summed E-state index contributed by atoms with van der Waals surface area (Å²) in [5.74, 6) is 0.624. The number of amides is 1. The fraction of sp³-hybridized carbons (Fsp3) is 0.684. The van der Waals surface area contributed by atoms with Crippen molar-refractivity contribution in [3.05, 3.63) is 18.2 Å². The SMILES string of the molecule is CCC(Nc1cccc(S(N)(=O)=O)n1)C1CN(C(=O)OC(C)(C)C)C(C)(C)C1. The van der Waals surface area contributed by atoms with Crippen LogP contribution in [0.25, 0.3) is 0 Å². The van der Waals surface area contributed by atoms with Gasteiger partial charge < -0.3 is 15.0 Å². The van der Waals surface area contributed by atoms with Crippen LogP contribution in [-0.4, -0.2) is 48.1 Å². The van der Waals surface area contributed by atoms with Crippen LogP contribution in [0.5, 0.6) is 0 Å². The van der Waals surface area contributed by atoms with Gasteiger partial charge in [-0.1, -0.05) is 13.0 Å². The lowest BCUT2D eigenvalue weighted by atomic mass is 9.90. The summed E-state index contributed by atoms with van der Waals surface area (Å²) in [5, 5.41) is 8.32. The molecule has 0 bridgehead atoms. The third-order valence-corrected chi connectivity index (χ3v) is 5.69. The maximum Gasteiger partial charge on any atom is 0.410 e. The van der Waals surface area contributed by atoms with Crippen LogP contribution >= 0.6 is 0 Å². The number of aromatic nitrogens is 1. The Morgan fingerprint density at radius 3 is 2.61 bits per heavy atom. The number of carbonyl (C=O) groups excluding carboxylic acids is 1. The largest absolute Gasteiger partial charge is 0.444 e. The van der Waals surface area contributed by atoms with Crippen LogP contribution in [0.3, 0.4) is 0 Å². The van der Waals surface area contributed by atoms with Gasteiger partial charge in [0.2, 0.25) is 0 Å². The van der Waals surface area contributed by atoms with Crippen molar-refractivity contribution in [2.75, 3.05) is 11.9 Å². The third-order valence-electron chi connectivity index (χ3n) is 4.88. The minimum atomic E-state index is -3.86. The van der Waals surface area contributed by atoms with E-state index < -0.39 is 15.6 Å². The van der Waals surface area contributed by atoms with Crippen molar-refractivity contribution in [2.24, 2.45) is 11.1 Å². The van der Waals surface area contributed by atoms with Crippen molar-refractivity contribution >= 4 is 21.9 Å². The Morgan fingerprint density at radius 2 is 2.07 bits per heavy atom. The number of likely N-dealkylation sites (tertiary alicyclic amines) is 1. The Bertz CT molecular complexity index is 817. The molecule has 0 radical (unpaired) electrons. The molecule has 2 rings (SSSR count). The van der Waals surface area contributed by atoms with E-state index in [4.69, 9.17) is 9.88 Å². The van der Waals surface area contributed by atoms with Crippen LogP contribution in [0.15, 0.2) is 23.2 Å². The second-order valence-corrected chi connectivity index (χ2v) is 10.4. The number of anilines is 1. The van der Waals surface area contributed by atoms with Crippen LogP contribution in [-0.2, 0) is 14.8 Å². The number of nitrogens with zero attached hydrogens (tertiary/aromatic N) is 2. The average molecular weight is 413 g/mol. The molecule has 2 atom stereocenters. The van der Waals surface area contributed by atoms with Gasteiger partial charge in [-0.2, -0.15) is 0 Å². The van der Waals surface area contributed by atoms with Crippen molar-refractivity contribution in [3.8, 4) is 0 Å². The molecule has 1 amide bonds. The van der Waals surface area contributed by atoms with Gasteiger partial charge in [0, 0.05) is 18.1 Å². The minimum Gasteiger partial charge on any atom is -0.444 e. The molecule has 0 saturated carbocycles. The molecule has 1 fully saturated rings. The zero-order valence-corrected chi connectivity index (χ0v) is 18.3. The quantitative estimate of drug-likeness (QED) is 0.768. The molecule has 1 aromatic rings. The highest BCUT2D eigenvalue weighted by molar-refractivity contribution is 7.89. The molecule has 2 heterocycles. The van der Waals surface area contributed by atoms with Crippen LogP contribution in [0.2, 0.25) is 0 Å². The monoisotopic (exact) mass is 412 g/mol. The Hall–Kier alpha value is -1.87. The lowest BCUT2D eigenvalue weighted by Crippen LogP contribution is -2.45. The van der Waals surface area contributed by atoms with E-state index in [2.05, 4.69) is 10.3 Å². The molecule has 0 spiro atoms. The van der Waals surface area contributed by atoms with Crippen molar-refractivity contribution < 1.29 is 17.9 Å². The summed E-state index contributed by atoms with van der Waals surface area (Å²) in [6, 6.07) is 4.70. The normalized spacial score (nSPS) is 20.7. The molecule has 9 heteroatoms. The second-order valence-electron chi connectivity index (χ2n) is 8.93. The highest BCUT2D eigenvalue weighted by Gasteiger charge is 2.45. The van der Waals surface area contributed by atoms with Crippen LogP contribution in [0.1, 0.15) is 54.4 Å². The van der Waals surface area contributed by atoms with Gasteiger partial charge in [-0.15, -0.1) is 0 Å². The van der Waals surface area contributed by atoms with Crippen molar-refractivity contribution in [2.45, 2.75) is 76.6 Å². The first-order valence-corrected chi connectivity index (χ1v) is 11.0. The van der Waals surface area contributed by atoms with Crippen molar-refractivity contribution in [1.82, 2.24) is 9.88 Å². The van der Waals surface area contributed by atoms with Gasteiger partial charge >= 0.3 is 6.09 Å². The number of ether oxygens (including phenoxy) is 1. The number of sulfonamides is 1. The van der Waals surface area contributed by atoms with Gasteiger partial charge in [-0.05, 0) is 65.5 Å².